The summed E-state index contributed by atoms with van der Waals surface area (Å²) < 4.78 is 34.6. The largest absolute Gasteiger partial charge is 0.491 e. The number of hydrogen-bond acceptors (Lipinski definition) is 5. The van der Waals surface area contributed by atoms with Crippen LogP contribution in [-0.2, 0) is 30.7 Å². The van der Waals surface area contributed by atoms with E-state index in [9.17, 15) is 13.2 Å². The molecule has 0 aromatic heterocycles. The van der Waals surface area contributed by atoms with Gasteiger partial charge >= 0.3 is 0 Å². The van der Waals surface area contributed by atoms with Crippen LogP contribution in [0.5, 0.6) is 0 Å². The van der Waals surface area contributed by atoms with Crippen molar-refractivity contribution in [3.05, 3.63) is 47.4 Å². The van der Waals surface area contributed by atoms with Gasteiger partial charge in [0.15, 0.2) is 9.84 Å². The van der Waals surface area contributed by atoms with E-state index in [2.05, 4.69) is 0 Å². The Bertz CT molecular complexity index is 742. The van der Waals surface area contributed by atoms with Crippen molar-refractivity contribution in [3.8, 4) is 0 Å². The predicted molar refractivity (Wildman–Crippen MR) is 88.7 cm³/mol. The maximum absolute atomic E-state index is 13.0. The molecule has 2 aliphatic rings. The second-order valence-corrected chi connectivity index (χ2v) is 8.29. The summed E-state index contributed by atoms with van der Waals surface area (Å²) in [6, 6.07) is 9.20. The van der Waals surface area contributed by atoms with Gasteiger partial charge in [0.1, 0.15) is 19.0 Å². The van der Waals surface area contributed by atoms with E-state index in [1.54, 1.807) is 11.8 Å². The van der Waals surface area contributed by atoms with Crippen LogP contribution < -0.4 is 0 Å². The summed E-state index contributed by atoms with van der Waals surface area (Å²) in [6.07, 6.45) is 0.452. The van der Waals surface area contributed by atoms with Crippen LogP contribution in [0.3, 0.4) is 0 Å². The number of carbonyl (C=O) groups excluding carboxylic acids is 1. The van der Waals surface area contributed by atoms with Gasteiger partial charge in [0.2, 0.25) is 5.76 Å². The highest BCUT2D eigenvalue weighted by atomic mass is 32.2. The molecule has 0 aliphatic carbocycles. The molecule has 130 valence electrons. The fraction of sp³-hybridized carbons (Fsp3) is 0.471. The Morgan fingerprint density at radius 3 is 2.54 bits per heavy atom. The molecular weight excluding hydrogens is 330 g/mol. The number of amides is 1. The van der Waals surface area contributed by atoms with E-state index in [1.165, 1.54) is 0 Å². The second kappa shape index (κ2) is 6.84. The van der Waals surface area contributed by atoms with Crippen LogP contribution in [0.4, 0.5) is 0 Å². The number of allylic oxidation sites excluding steroid dienone is 1. The molecule has 1 aromatic carbocycles. The number of hydrogen-bond donors (Lipinski definition) is 0. The molecule has 1 fully saturated rings. The first-order chi connectivity index (χ1) is 11.5. The quantitative estimate of drug-likeness (QED) is 0.822. The monoisotopic (exact) mass is 351 g/mol. The van der Waals surface area contributed by atoms with E-state index in [0.717, 1.165) is 5.56 Å². The van der Waals surface area contributed by atoms with Gasteiger partial charge in [0.25, 0.3) is 5.91 Å². The maximum atomic E-state index is 13.0. The van der Waals surface area contributed by atoms with Gasteiger partial charge in [-0.3, -0.25) is 4.79 Å². The molecule has 0 bridgehead atoms. The van der Waals surface area contributed by atoms with Crippen molar-refractivity contribution in [2.24, 2.45) is 0 Å². The summed E-state index contributed by atoms with van der Waals surface area (Å²) in [5.41, 5.74) is 0.949. The Hall–Kier alpha value is -2.02. The number of ether oxygens (including phenoxy) is 2. The van der Waals surface area contributed by atoms with Gasteiger partial charge in [-0.1, -0.05) is 30.3 Å². The molecule has 0 saturated carbocycles. The van der Waals surface area contributed by atoms with E-state index >= 15 is 0 Å². The molecule has 7 heteroatoms. The van der Waals surface area contributed by atoms with Crippen molar-refractivity contribution in [3.63, 3.8) is 0 Å². The zero-order chi connectivity index (χ0) is 17.2. The molecule has 2 heterocycles. The van der Waals surface area contributed by atoms with Crippen LogP contribution in [0, 0.1) is 0 Å². The average Bonchev–Trinajstić information content (AvgIpc) is 2.93. The minimum absolute atomic E-state index is 0.00123. The smallest absolute Gasteiger partial charge is 0.293 e. The lowest BCUT2D eigenvalue weighted by Gasteiger charge is -2.30. The molecule has 0 spiro atoms. The van der Waals surface area contributed by atoms with Crippen LogP contribution in [-0.4, -0.2) is 50.0 Å². The molecule has 24 heavy (non-hydrogen) atoms. The molecule has 0 radical (unpaired) electrons. The molecule has 6 nitrogen and oxygen atoms in total. The third kappa shape index (κ3) is 3.72. The number of benzene rings is 1. The lowest BCUT2D eigenvalue weighted by molar-refractivity contribution is -0.135. The fourth-order valence-corrected chi connectivity index (χ4v) is 4.75. The van der Waals surface area contributed by atoms with Crippen molar-refractivity contribution < 1.29 is 22.7 Å². The van der Waals surface area contributed by atoms with Gasteiger partial charge in [-0.05, 0) is 18.9 Å². The highest BCUT2D eigenvalue weighted by Gasteiger charge is 2.37. The Balaban J connectivity index is 1.88. The van der Waals surface area contributed by atoms with Crippen molar-refractivity contribution in [2.75, 3.05) is 24.7 Å². The van der Waals surface area contributed by atoms with Crippen LogP contribution in [0.25, 0.3) is 0 Å². The van der Waals surface area contributed by atoms with Crippen LogP contribution >= 0.6 is 0 Å². The Morgan fingerprint density at radius 2 is 1.92 bits per heavy atom. The van der Waals surface area contributed by atoms with Crippen LogP contribution in [0.1, 0.15) is 18.9 Å². The van der Waals surface area contributed by atoms with Gasteiger partial charge in [0, 0.05) is 12.6 Å². The minimum Gasteiger partial charge on any atom is -0.491 e. The van der Waals surface area contributed by atoms with Gasteiger partial charge in [-0.15, -0.1) is 0 Å². The SMILES string of the molecule is CC1=C(C(=O)N(Cc2ccccc2)C2CCS(=O)(=O)C2)OCCO1. The van der Waals surface area contributed by atoms with Gasteiger partial charge < -0.3 is 14.4 Å². The van der Waals surface area contributed by atoms with Crippen molar-refractivity contribution in [1.29, 1.82) is 0 Å². The summed E-state index contributed by atoms with van der Waals surface area (Å²) in [6.45, 7) is 2.78. The number of nitrogens with zero attached hydrogens (tertiary/aromatic N) is 1. The molecule has 1 saturated heterocycles. The lowest BCUT2D eigenvalue weighted by atomic mass is 10.1. The standard InChI is InChI=1S/C17H21NO5S/c1-13-16(23-9-8-22-13)17(19)18(11-14-5-3-2-4-6-14)15-7-10-24(20,21)12-15/h2-6,15H,7-12H2,1H3. The third-order valence-corrected chi connectivity index (χ3v) is 6.02. The molecule has 1 unspecified atom stereocenters. The van der Waals surface area contributed by atoms with E-state index < -0.39 is 9.84 Å². The third-order valence-electron chi connectivity index (χ3n) is 4.27. The van der Waals surface area contributed by atoms with Gasteiger partial charge in [-0.2, -0.15) is 0 Å². The number of carbonyl (C=O) groups is 1. The number of rotatable bonds is 4. The zero-order valence-corrected chi connectivity index (χ0v) is 14.4. The Morgan fingerprint density at radius 1 is 1.21 bits per heavy atom. The summed E-state index contributed by atoms with van der Waals surface area (Å²) in [5, 5.41) is 0. The Labute approximate surface area is 142 Å². The molecular formula is C17H21NO5S. The predicted octanol–water partition coefficient (Wildman–Crippen LogP) is 1.48. The first kappa shape index (κ1) is 16.8. The topological polar surface area (TPSA) is 72.9 Å². The molecule has 2 aliphatic heterocycles. The average molecular weight is 351 g/mol. The highest BCUT2D eigenvalue weighted by molar-refractivity contribution is 7.91. The summed E-state index contributed by atoms with van der Waals surface area (Å²) in [7, 11) is -3.09. The lowest BCUT2D eigenvalue weighted by Crippen LogP contribution is -2.42. The molecule has 1 atom stereocenters. The minimum atomic E-state index is -3.09. The van der Waals surface area contributed by atoms with Gasteiger partial charge in [-0.25, -0.2) is 8.42 Å². The molecule has 1 amide bonds. The first-order valence-electron chi connectivity index (χ1n) is 7.98. The van der Waals surface area contributed by atoms with E-state index in [0.29, 0.717) is 31.9 Å². The second-order valence-electron chi connectivity index (χ2n) is 6.06. The van der Waals surface area contributed by atoms with Crippen molar-refractivity contribution >= 4 is 15.7 Å². The zero-order valence-electron chi connectivity index (χ0n) is 13.6. The van der Waals surface area contributed by atoms with Crippen molar-refractivity contribution in [2.45, 2.75) is 25.9 Å². The molecule has 0 N–H and O–H groups in total. The summed E-state index contributed by atoms with van der Waals surface area (Å²) in [5.74, 6) is 0.439. The van der Waals surface area contributed by atoms with Crippen molar-refractivity contribution in [1.82, 2.24) is 4.90 Å². The fourth-order valence-electron chi connectivity index (χ4n) is 3.02. The highest BCUT2D eigenvalue weighted by Crippen LogP contribution is 2.24. The van der Waals surface area contributed by atoms with Crippen LogP contribution in [0.2, 0.25) is 0 Å². The van der Waals surface area contributed by atoms with Gasteiger partial charge in [0.05, 0.1) is 11.5 Å². The van der Waals surface area contributed by atoms with E-state index in [-0.39, 0.29) is 29.2 Å². The normalized spacial score (nSPS) is 22.6. The van der Waals surface area contributed by atoms with E-state index in [1.807, 2.05) is 30.3 Å². The molecule has 3 rings (SSSR count). The summed E-state index contributed by atoms with van der Waals surface area (Å²) >= 11 is 0. The maximum Gasteiger partial charge on any atom is 0.293 e. The number of sulfone groups is 1. The van der Waals surface area contributed by atoms with E-state index in [4.69, 9.17) is 9.47 Å². The molecule has 1 aromatic rings. The Kier molecular flexibility index (Phi) is 4.80. The summed E-state index contributed by atoms with van der Waals surface area (Å²) in [4.78, 5) is 14.6. The first-order valence-corrected chi connectivity index (χ1v) is 9.80. The van der Waals surface area contributed by atoms with Crippen LogP contribution in [0.15, 0.2) is 41.9 Å².